The smallest absolute Gasteiger partial charge is 0.0903 e. The summed E-state index contributed by atoms with van der Waals surface area (Å²) < 4.78 is 0. The van der Waals surface area contributed by atoms with E-state index in [9.17, 15) is 0 Å². The number of fused-ring (bicyclic) bond motifs is 1. The molecule has 0 bridgehead atoms. The zero-order chi connectivity index (χ0) is 19.0. The Morgan fingerprint density at radius 2 is 1.28 bits per heavy atom. The lowest BCUT2D eigenvalue weighted by Gasteiger charge is -2.30. The molecule has 2 rings (SSSR count). The molecule has 0 unspecified atom stereocenters. The summed E-state index contributed by atoms with van der Waals surface area (Å²) in [5, 5.41) is 2.60. The lowest BCUT2D eigenvalue weighted by molar-refractivity contribution is 1.36. The van der Waals surface area contributed by atoms with E-state index in [0.29, 0.717) is 0 Å². The Labute approximate surface area is 156 Å². The van der Waals surface area contributed by atoms with E-state index in [4.69, 9.17) is 4.98 Å². The fraction of sp³-hybridized carbons (Fsp3) is 0.429. The van der Waals surface area contributed by atoms with Crippen molar-refractivity contribution in [2.75, 3.05) is 0 Å². The molecule has 0 radical (unpaired) electrons. The van der Waals surface area contributed by atoms with Crippen molar-refractivity contribution in [1.29, 1.82) is 0 Å². The third-order valence-electron chi connectivity index (χ3n) is 4.35. The van der Waals surface area contributed by atoms with Crippen LogP contribution in [0.2, 0.25) is 58.9 Å². The zero-order valence-electron chi connectivity index (χ0n) is 17.4. The van der Waals surface area contributed by atoms with Crippen LogP contribution in [0.5, 0.6) is 0 Å². The van der Waals surface area contributed by atoms with Crippen LogP contribution in [0, 0.1) is 0 Å². The van der Waals surface area contributed by atoms with Crippen LogP contribution >= 0.6 is 0 Å². The van der Waals surface area contributed by atoms with Gasteiger partial charge in [-0.05, 0) is 12.1 Å². The quantitative estimate of drug-likeness (QED) is 0.419. The van der Waals surface area contributed by atoms with E-state index >= 15 is 0 Å². The molecule has 0 amide bonds. The molecule has 1 aromatic carbocycles. The third kappa shape index (κ3) is 4.92. The van der Waals surface area contributed by atoms with Crippen molar-refractivity contribution in [3.8, 4) is 0 Å². The Morgan fingerprint density at radius 3 is 1.80 bits per heavy atom. The van der Waals surface area contributed by atoms with Crippen LogP contribution in [0.15, 0.2) is 46.9 Å². The van der Waals surface area contributed by atoms with Crippen molar-refractivity contribution in [3.05, 3.63) is 52.6 Å². The summed E-state index contributed by atoms with van der Waals surface area (Å²) in [6, 6.07) is 12.8. The predicted molar refractivity (Wildman–Crippen MR) is 122 cm³/mol. The molecule has 2 aromatic rings. The van der Waals surface area contributed by atoms with Crippen molar-refractivity contribution < 1.29 is 0 Å². The fourth-order valence-electron chi connectivity index (χ4n) is 3.47. The number of para-hydroxylation sites is 1. The third-order valence-corrected chi connectivity index (χ3v) is 14.0. The minimum absolute atomic E-state index is 1.08. The van der Waals surface area contributed by atoms with Crippen LogP contribution in [0.1, 0.15) is 5.69 Å². The number of pyridine rings is 1. The van der Waals surface area contributed by atoms with Gasteiger partial charge in [0.2, 0.25) is 0 Å². The van der Waals surface area contributed by atoms with Gasteiger partial charge in [-0.2, -0.15) is 0 Å². The van der Waals surface area contributed by atoms with Crippen LogP contribution in [-0.2, 0) is 0 Å². The van der Waals surface area contributed by atoms with Crippen molar-refractivity contribution in [1.82, 2.24) is 4.98 Å². The molecule has 0 aliphatic rings. The first-order valence-corrected chi connectivity index (χ1v) is 19.7. The summed E-state index contributed by atoms with van der Waals surface area (Å²) in [6.45, 7) is 22.0. The number of nitrogens with zero attached hydrogens (tertiary/aromatic N) is 1. The van der Waals surface area contributed by atoms with Crippen molar-refractivity contribution >= 4 is 40.3 Å². The largest absolute Gasteiger partial charge is 0.248 e. The van der Waals surface area contributed by atoms with Crippen LogP contribution in [0.25, 0.3) is 16.1 Å². The first-order chi connectivity index (χ1) is 11.3. The van der Waals surface area contributed by atoms with Gasteiger partial charge in [0.1, 0.15) is 0 Å². The maximum atomic E-state index is 5.01. The van der Waals surface area contributed by atoms with E-state index in [0.717, 1.165) is 11.2 Å². The number of rotatable bonds is 4. The topological polar surface area (TPSA) is 12.9 Å². The first-order valence-electron chi connectivity index (χ1n) is 9.19. The number of hydrogen-bond donors (Lipinski definition) is 0. The highest BCUT2D eigenvalue weighted by atomic mass is 28.4. The Bertz CT molecular complexity index is 824. The normalized spacial score (nSPS) is 12.8. The SMILES string of the molecule is C[Si](C)(C)C(=C=C([Si](C)(C)C)[Si](C)(C)C)c1ccc2ccccc2n1. The summed E-state index contributed by atoms with van der Waals surface area (Å²) in [4.78, 5) is 6.66. The van der Waals surface area contributed by atoms with Crippen LogP contribution < -0.4 is 0 Å². The van der Waals surface area contributed by atoms with Gasteiger partial charge in [0.15, 0.2) is 0 Å². The summed E-state index contributed by atoms with van der Waals surface area (Å²) in [6.07, 6.45) is 0. The summed E-state index contributed by atoms with van der Waals surface area (Å²) >= 11 is 0. The van der Waals surface area contributed by atoms with Crippen molar-refractivity contribution in [2.24, 2.45) is 0 Å². The van der Waals surface area contributed by atoms with E-state index in [-0.39, 0.29) is 0 Å². The Balaban J connectivity index is 2.85. The highest BCUT2D eigenvalue weighted by Crippen LogP contribution is 2.30. The average Bonchev–Trinajstić information content (AvgIpc) is 2.43. The van der Waals surface area contributed by atoms with Crippen molar-refractivity contribution in [2.45, 2.75) is 58.9 Å². The predicted octanol–water partition coefficient (Wildman–Crippen LogP) is 6.78. The maximum absolute atomic E-state index is 5.01. The second kappa shape index (κ2) is 6.84. The van der Waals surface area contributed by atoms with Gasteiger partial charge in [0.05, 0.1) is 35.4 Å². The van der Waals surface area contributed by atoms with Crippen LogP contribution in [0.3, 0.4) is 0 Å². The highest BCUT2D eigenvalue weighted by molar-refractivity contribution is 7.05. The van der Waals surface area contributed by atoms with E-state index in [1.165, 1.54) is 10.6 Å². The van der Waals surface area contributed by atoms with E-state index in [1.54, 1.807) is 4.82 Å². The monoisotopic (exact) mass is 383 g/mol. The van der Waals surface area contributed by atoms with Gasteiger partial charge in [0, 0.05) is 10.6 Å². The number of aromatic nitrogens is 1. The minimum atomic E-state index is -1.57. The Morgan fingerprint density at radius 1 is 0.720 bits per heavy atom. The standard InChI is InChI=1S/C21H33NSi3/c1-23(2,3)20(16-21(24(4,5)6)25(7,8)9)19-15-14-17-12-10-11-13-18(17)22-19/h10-15H,1-9H3. The molecule has 0 aliphatic heterocycles. The van der Waals surface area contributed by atoms with E-state index in [1.807, 2.05) is 0 Å². The number of hydrogen-bond acceptors (Lipinski definition) is 1. The zero-order valence-corrected chi connectivity index (χ0v) is 20.4. The van der Waals surface area contributed by atoms with Gasteiger partial charge in [-0.25, -0.2) is 4.98 Å². The fourth-order valence-corrected chi connectivity index (χ4v) is 15.1. The summed E-state index contributed by atoms with van der Waals surface area (Å²) in [7, 11) is -4.39. The molecule has 25 heavy (non-hydrogen) atoms. The average molecular weight is 384 g/mol. The molecule has 4 heteroatoms. The molecule has 134 valence electrons. The van der Waals surface area contributed by atoms with Gasteiger partial charge in [-0.15, -0.1) is 5.73 Å². The molecule has 0 atom stereocenters. The second-order valence-electron chi connectivity index (χ2n) is 10.0. The first kappa shape index (κ1) is 20.1. The highest BCUT2D eigenvalue weighted by Gasteiger charge is 2.32. The van der Waals surface area contributed by atoms with E-state index in [2.05, 4.69) is 101 Å². The van der Waals surface area contributed by atoms with Gasteiger partial charge < -0.3 is 0 Å². The Kier molecular flexibility index (Phi) is 5.50. The molecule has 1 heterocycles. The Hall–Kier alpha value is -1.20. The molecular weight excluding hydrogens is 350 g/mol. The van der Waals surface area contributed by atoms with Gasteiger partial charge in [-0.3, -0.25) is 0 Å². The second-order valence-corrected chi connectivity index (χ2v) is 25.5. The molecule has 1 nitrogen and oxygen atoms in total. The molecule has 0 fully saturated rings. The summed E-state index contributed by atoms with van der Waals surface area (Å²) in [5.41, 5.74) is 6.23. The molecule has 0 spiro atoms. The van der Waals surface area contributed by atoms with Crippen LogP contribution in [0.4, 0.5) is 0 Å². The summed E-state index contributed by atoms with van der Waals surface area (Å²) in [5.74, 6) is 0. The van der Waals surface area contributed by atoms with Gasteiger partial charge in [-0.1, -0.05) is 88.0 Å². The lowest BCUT2D eigenvalue weighted by atomic mass is 10.2. The molecule has 0 saturated heterocycles. The molecular formula is C21H33NSi3. The lowest BCUT2D eigenvalue weighted by Crippen LogP contribution is -2.40. The molecule has 1 aromatic heterocycles. The van der Waals surface area contributed by atoms with Crippen molar-refractivity contribution in [3.63, 3.8) is 0 Å². The minimum Gasteiger partial charge on any atom is -0.248 e. The van der Waals surface area contributed by atoms with Gasteiger partial charge >= 0.3 is 0 Å². The maximum Gasteiger partial charge on any atom is 0.0903 e. The number of benzene rings is 1. The van der Waals surface area contributed by atoms with Gasteiger partial charge in [0.25, 0.3) is 0 Å². The van der Waals surface area contributed by atoms with E-state index < -0.39 is 24.2 Å². The molecule has 0 aliphatic carbocycles. The molecule has 0 saturated carbocycles. The van der Waals surface area contributed by atoms with Crippen LogP contribution in [-0.4, -0.2) is 29.2 Å². The molecule has 0 N–H and O–H groups in total.